The molecule has 0 saturated heterocycles. The zero-order valence-electron chi connectivity index (χ0n) is 23.4. The Hall–Kier alpha value is -4.80. The van der Waals surface area contributed by atoms with Gasteiger partial charge in [-0.2, -0.15) is 5.10 Å². The molecule has 10 nitrogen and oxygen atoms in total. The lowest BCUT2D eigenvalue weighted by Gasteiger charge is -2.19. The molecule has 0 fully saturated rings. The van der Waals surface area contributed by atoms with Crippen molar-refractivity contribution < 1.29 is 28.5 Å². The highest BCUT2D eigenvalue weighted by Gasteiger charge is 2.24. The van der Waals surface area contributed by atoms with Gasteiger partial charge < -0.3 is 29.0 Å². The number of nitrogens with one attached hydrogen (secondary N) is 1. The van der Waals surface area contributed by atoms with Crippen molar-refractivity contribution >= 4 is 28.2 Å². The van der Waals surface area contributed by atoms with E-state index in [1.54, 1.807) is 42.4 Å². The summed E-state index contributed by atoms with van der Waals surface area (Å²) in [5.41, 5.74) is 2.72. The molecule has 2 heterocycles. The van der Waals surface area contributed by atoms with Crippen LogP contribution in [0.3, 0.4) is 0 Å². The lowest BCUT2D eigenvalue weighted by atomic mass is 10.1. The van der Waals surface area contributed by atoms with Gasteiger partial charge in [0.15, 0.2) is 13.6 Å². The predicted molar refractivity (Wildman–Crippen MR) is 155 cm³/mol. The van der Waals surface area contributed by atoms with Crippen molar-refractivity contribution in [3.63, 3.8) is 0 Å². The second-order valence-electron chi connectivity index (χ2n) is 9.35. The monoisotopic (exact) mass is 556 g/mol. The van der Waals surface area contributed by atoms with Gasteiger partial charge in [0.05, 0.1) is 25.5 Å². The first-order valence-electron chi connectivity index (χ1n) is 13.0. The van der Waals surface area contributed by atoms with E-state index in [9.17, 15) is 4.79 Å². The smallest absolute Gasteiger partial charge is 0.267 e. The van der Waals surface area contributed by atoms with E-state index in [1.165, 1.54) is 14.2 Å². The first-order valence-corrected chi connectivity index (χ1v) is 13.0. The first-order chi connectivity index (χ1) is 20.0. The van der Waals surface area contributed by atoms with E-state index in [0.717, 1.165) is 27.6 Å². The van der Waals surface area contributed by atoms with Crippen molar-refractivity contribution in [2.75, 3.05) is 40.2 Å². The fraction of sp³-hybridized carbons (Fsp3) is 0.226. The molecule has 3 aromatic carbocycles. The van der Waals surface area contributed by atoms with Gasteiger partial charge in [0, 0.05) is 44.3 Å². The summed E-state index contributed by atoms with van der Waals surface area (Å²) in [6.07, 6.45) is 5.38. The maximum Gasteiger partial charge on any atom is 0.267 e. The SMILES string of the molecule is COCOc1cc(Nc2c(C)cnn2Cc2ccc(OC)cc2)c(C(=O)n2cc3ccccc3c2)c(OCOC)c1. The summed E-state index contributed by atoms with van der Waals surface area (Å²) in [7, 11) is 4.70. The van der Waals surface area contributed by atoms with Crippen LogP contribution in [0.1, 0.15) is 21.5 Å². The van der Waals surface area contributed by atoms with Gasteiger partial charge in [-0.15, -0.1) is 0 Å². The van der Waals surface area contributed by atoms with Crippen molar-refractivity contribution in [3.8, 4) is 17.2 Å². The number of aryl methyl sites for hydroxylation is 1. The quantitative estimate of drug-likeness (QED) is 0.198. The molecule has 5 aromatic rings. The number of benzene rings is 3. The van der Waals surface area contributed by atoms with Gasteiger partial charge in [0.2, 0.25) is 0 Å². The zero-order chi connectivity index (χ0) is 28.8. The Kier molecular flexibility index (Phi) is 8.52. The van der Waals surface area contributed by atoms with Crippen LogP contribution in [0.5, 0.6) is 17.2 Å². The maximum absolute atomic E-state index is 14.1. The van der Waals surface area contributed by atoms with Crippen LogP contribution in [0.4, 0.5) is 11.5 Å². The average Bonchev–Trinajstić information content (AvgIpc) is 3.58. The van der Waals surface area contributed by atoms with Gasteiger partial charge in [-0.1, -0.05) is 36.4 Å². The third kappa shape index (κ3) is 6.19. The van der Waals surface area contributed by atoms with Crippen LogP contribution in [0, 0.1) is 6.92 Å². The standard InChI is InChI=1S/C31H32N4O6/c1-21-15-32-35(16-22-9-11-25(39-4)12-10-22)30(21)33-27-13-26(40-19-37-2)14-28(41-20-38-3)29(27)31(36)34-17-23-7-5-6-8-24(23)18-34/h5-15,17-18,33H,16,19-20H2,1-4H3. The van der Waals surface area contributed by atoms with Crippen LogP contribution in [-0.4, -0.2) is 55.2 Å². The molecule has 0 bridgehead atoms. The Morgan fingerprint density at radius 2 is 1.56 bits per heavy atom. The number of fused-ring (bicyclic) bond motifs is 1. The summed E-state index contributed by atoms with van der Waals surface area (Å²) < 4.78 is 30.6. The Balaban J connectivity index is 1.58. The van der Waals surface area contributed by atoms with Crippen molar-refractivity contribution in [2.24, 2.45) is 0 Å². The number of aromatic nitrogens is 3. The fourth-order valence-electron chi connectivity index (χ4n) is 4.48. The van der Waals surface area contributed by atoms with Crippen molar-refractivity contribution in [1.82, 2.24) is 14.3 Å². The third-order valence-corrected chi connectivity index (χ3v) is 6.52. The molecule has 0 spiro atoms. The minimum absolute atomic E-state index is 0.0217. The summed E-state index contributed by atoms with van der Waals surface area (Å²) in [5, 5.41) is 9.93. The largest absolute Gasteiger partial charge is 0.497 e. The number of ether oxygens (including phenoxy) is 5. The van der Waals surface area contributed by atoms with Gasteiger partial charge in [-0.05, 0) is 35.4 Å². The number of hydrogen-bond donors (Lipinski definition) is 1. The summed E-state index contributed by atoms with van der Waals surface area (Å²) in [4.78, 5) is 14.1. The number of hydrogen-bond acceptors (Lipinski definition) is 8. The van der Waals surface area contributed by atoms with E-state index in [0.29, 0.717) is 35.1 Å². The summed E-state index contributed by atoms with van der Waals surface area (Å²) in [5.74, 6) is 1.96. The Bertz CT molecular complexity index is 1610. The van der Waals surface area contributed by atoms with Crippen molar-refractivity contribution in [1.29, 1.82) is 0 Å². The zero-order valence-corrected chi connectivity index (χ0v) is 23.4. The van der Waals surface area contributed by atoms with Crippen LogP contribution < -0.4 is 19.5 Å². The van der Waals surface area contributed by atoms with Crippen molar-refractivity contribution in [3.05, 3.63) is 95.9 Å². The Morgan fingerprint density at radius 1 is 0.878 bits per heavy atom. The molecule has 212 valence electrons. The molecule has 41 heavy (non-hydrogen) atoms. The number of anilines is 2. The fourth-order valence-corrected chi connectivity index (χ4v) is 4.48. The molecule has 0 aliphatic rings. The van der Waals surface area contributed by atoms with Crippen LogP contribution in [0.15, 0.2) is 79.3 Å². The molecule has 0 unspecified atom stereocenters. The molecule has 0 radical (unpaired) electrons. The molecule has 0 amide bonds. The Labute approximate surface area is 238 Å². The van der Waals surface area contributed by atoms with Crippen LogP contribution in [0.2, 0.25) is 0 Å². The molecule has 0 atom stereocenters. The number of rotatable bonds is 12. The highest BCUT2D eigenvalue weighted by atomic mass is 16.7. The summed E-state index contributed by atoms with van der Waals surface area (Å²) >= 11 is 0. The van der Waals surface area contributed by atoms with E-state index < -0.39 is 0 Å². The van der Waals surface area contributed by atoms with Gasteiger partial charge in [-0.3, -0.25) is 9.36 Å². The number of nitrogens with zero attached hydrogens (tertiary/aromatic N) is 3. The van der Waals surface area contributed by atoms with E-state index >= 15 is 0 Å². The highest BCUT2D eigenvalue weighted by molar-refractivity contribution is 6.06. The molecular formula is C31H32N4O6. The van der Waals surface area contributed by atoms with E-state index in [-0.39, 0.29) is 19.5 Å². The number of carbonyl (C=O) groups excluding carboxylic acids is 1. The van der Waals surface area contributed by atoms with Gasteiger partial charge in [-0.25, -0.2) is 4.68 Å². The lowest BCUT2D eigenvalue weighted by Crippen LogP contribution is -2.16. The Morgan fingerprint density at radius 3 is 2.22 bits per heavy atom. The molecule has 2 aromatic heterocycles. The van der Waals surface area contributed by atoms with E-state index in [2.05, 4.69) is 10.4 Å². The maximum atomic E-state index is 14.1. The van der Waals surface area contributed by atoms with Crippen LogP contribution in [-0.2, 0) is 16.0 Å². The van der Waals surface area contributed by atoms with Gasteiger partial charge in [0.25, 0.3) is 5.91 Å². The van der Waals surface area contributed by atoms with Gasteiger partial charge in [0.1, 0.15) is 28.6 Å². The summed E-state index contributed by atoms with van der Waals surface area (Å²) in [6, 6.07) is 19.0. The molecule has 10 heteroatoms. The topological polar surface area (TPSA) is 98.0 Å². The second kappa shape index (κ2) is 12.6. The second-order valence-corrected chi connectivity index (χ2v) is 9.35. The van der Waals surface area contributed by atoms with E-state index in [1.807, 2.05) is 60.1 Å². The molecule has 0 aliphatic heterocycles. The predicted octanol–water partition coefficient (Wildman–Crippen LogP) is 5.60. The number of methoxy groups -OCH3 is 3. The van der Waals surface area contributed by atoms with Crippen LogP contribution >= 0.6 is 0 Å². The minimum Gasteiger partial charge on any atom is -0.497 e. The molecule has 1 N–H and O–H groups in total. The first kappa shape index (κ1) is 27.8. The normalized spacial score (nSPS) is 11.0. The molecule has 5 rings (SSSR count). The van der Waals surface area contributed by atoms with Gasteiger partial charge >= 0.3 is 0 Å². The molecular weight excluding hydrogens is 524 g/mol. The minimum atomic E-state index is -0.285. The number of carbonyl (C=O) groups is 1. The van der Waals surface area contributed by atoms with Crippen molar-refractivity contribution in [2.45, 2.75) is 13.5 Å². The average molecular weight is 557 g/mol. The lowest BCUT2D eigenvalue weighted by molar-refractivity contribution is 0.0456. The third-order valence-electron chi connectivity index (χ3n) is 6.52. The van der Waals surface area contributed by atoms with E-state index in [4.69, 9.17) is 23.7 Å². The highest BCUT2D eigenvalue weighted by Crippen LogP contribution is 2.36. The molecule has 0 saturated carbocycles. The summed E-state index contributed by atoms with van der Waals surface area (Å²) in [6.45, 7) is 2.41. The van der Waals surface area contributed by atoms with Crippen LogP contribution in [0.25, 0.3) is 10.8 Å². The molecule has 0 aliphatic carbocycles.